The van der Waals surface area contributed by atoms with Gasteiger partial charge >= 0.3 is 0 Å². The van der Waals surface area contributed by atoms with Crippen LogP contribution in [0.2, 0.25) is 0 Å². The maximum Gasteiger partial charge on any atom is 0.277 e. The van der Waals surface area contributed by atoms with E-state index in [1.807, 2.05) is 0 Å². The van der Waals surface area contributed by atoms with Crippen molar-refractivity contribution >= 4 is 17.5 Å². The molecule has 6 heteroatoms. The fourth-order valence-electron chi connectivity index (χ4n) is 1.24. The highest BCUT2D eigenvalue weighted by atomic mass is 16.3. The van der Waals surface area contributed by atoms with Crippen molar-refractivity contribution in [3.8, 4) is 0 Å². The highest BCUT2D eigenvalue weighted by Crippen LogP contribution is 2.10. The molecule has 0 saturated carbocycles. The molecule has 0 radical (unpaired) electrons. The molecule has 2 rings (SSSR count). The van der Waals surface area contributed by atoms with Gasteiger partial charge in [-0.3, -0.25) is 9.59 Å². The molecule has 0 fully saturated rings. The standard InChI is InChI=1S/C11H9N3O3/c12-10(15)7-1-3-8(4-2-7)14-11(16)9-5-17-6-13-9/h1-6H,(H2,12,15)(H,14,16). The molecule has 0 aliphatic rings. The molecule has 0 saturated heterocycles. The fourth-order valence-corrected chi connectivity index (χ4v) is 1.24. The predicted molar refractivity (Wildman–Crippen MR) is 59.4 cm³/mol. The summed E-state index contributed by atoms with van der Waals surface area (Å²) < 4.78 is 4.69. The van der Waals surface area contributed by atoms with Crippen LogP contribution in [0.15, 0.2) is 41.3 Å². The van der Waals surface area contributed by atoms with E-state index in [2.05, 4.69) is 10.3 Å². The lowest BCUT2D eigenvalue weighted by molar-refractivity contribution is 0.0998. The minimum Gasteiger partial charge on any atom is -0.451 e. The average molecular weight is 231 g/mol. The summed E-state index contributed by atoms with van der Waals surface area (Å²) in [6, 6.07) is 6.22. The Labute approximate surface area is 96.4 Å². The molecule has 1 aromatic carbocycles. The SMILES string of the molecule is NC(=O)c1ccc(NC(=O)c2cocn2)cc1. The third-order valence-corrected chi connectivity index (χ3v) is 2.09. The lowest BCUT2D eigenvalue weighted by Crippen LogP contribution is -2.13. The van der Waals surface area contributed by atoms with Crippen molar-refractivity contribution in [1.29, 1.82) is 0 Å². The second kappa shape index (κ2) is 4.48. The number of nitrogens with zero attached hydrogens (tertiary/aromatic N) is 1. The van der Waals surface area contributed by atoms with Crippen LogP contribution in [0.3, 0.4) is 0 Å². The Balaban J connectivity index is 2.09. The van der Waals surface area contributed by atoms with E-state index >= 15 is 0 Å². The van der Waals surface area contributed by atoms with Crippen molar-refractivity contribution in [2.24, 2.45) is 5.73 Å². The topological polar surface area (TPSA) is 98.2 Å². The highest BCUT2D eigenvalue weighted by Gasteiger charge is 2.09. The van der Waals surface area contributed by atoms with Gasteiger partial charge in [0.25, 0.3) is 5.91 Å². The second-order valence-corrected chi connectivity index (χ2v) is 3.27. The summed E-state index contributed by atoms with van der Waals surface area (Å²) in [5.74, 6) is -0.898. The minimum absolute atomic E-state index is 0.184. The predicted octanol–water partition coefficient (Wildman–Crippen LogP) is 1.03. The number of benzene rings is 1. The van der Waals surface area contributed by atoms with Gasteiger partial charge in [-0.1, -0.05) is 0 Å². The van der Waals surface area contributed by atoms with Gasteiger partial charge in [0.1, 0.15) is 6.26 Å². The number of hydrogen-bond donors (Lipinski definition) is 2. The van der Waals surface area contributed by atoms with Crippen LogP contribution in [0.4, 0.5) is 5.69 Å². The molecule has 2 amide bonds. The molecular weight excluding hydrogens is 222 g/mol. The Morgan fingerprint density at radius 1 is 1.24 bits per heavy atom. The van der Waals surface area contributed by atoms with Crippen LogP contribution >= 0.6 is 0 Å². The van der Waals surface area contributed by atoms with Crippen LogP contribution in [-0.2, 0) is 0 Å². The number of carbonyl (C=O) groups excluding carboxylic acids is 2. The van der Waals surface area contributed by atoms with Crippen LogP contribution in [0.25, 0.3) is 0 Å². The van der Waals surface area contributed by atoms with Crippen LogP contribution in [-0.4, -0.2) is 16.8 Å². The first kappa shape index (κ1) is 10.9. The van der Waals surface area contributed by atoms with E-state index in [0.717, 1.165) is 0 Å². The highest BCUT2D eigenvalue weighted by molar-refractivity contribution is 6.02. The molecule has 1 heterocycles. The largest absolute Gasteiger partial charge is 0.451 e. The lowest BCUT2D eigenvalue weighted by atomic mass is 10.2. The van der Waals surface area contributed by atoms with E-state index in [-0.39, 0.29) is 11.6 Å². The summed E-state index contributed by atoms with van der Waals surface area (Å²) >= 11 is 0. The second-order valence-electron chi connectivity index (χ2n) is 3.27. The monoisotopic (exact) mass is 231 g/mol. The Morgan fingerprint density at radius 2 is 1.94 bits per heavy atom. The summed E-state index contributed by atoms with van der Waals surface area (Å²) in [5.41, 5.74) is 6.20. The van der Waals surface area contributed by atoms with E-state index in [1.165, 1.54) is 24.8 Å². The molecule has 2 aromatic rings. The van der Waals surface area contributed by atoms with E-state index < -0.39 is 5.91 Å². The van der Waals surface area contributed by atoms with Crippen LogP contribution < -0.4 is 11.1 Å². The van der Waals surface area contributed by atoms with Gasteiger partial charge < -0.3 is 15.5 Å². The normalized spacial score (nSPS) is 9.88. The van der Waals surface area contributed by atoms with Gasteiger partial charge in [0.05, 0.1) is 0 Å². The number of hydrogen-bond acceptors (Lipinski definition) is 4. The van der Waals surface area contributed by atoms with Gasteiger partial charge in [-0.15, -0.1) is 0 Å². The average Bonchev–Trinajstić information content (AvgIpc) is 2.83. The van der Waals surface area contributed by atoms with Gasteiger partial charge in [-0.2, -0.15) is 0 Å². The maximum absolute atomic E-state index is 11.6. The van der Waals surface area contributed by atoms with E-state index in [0.29, 0.717) is 11.3 Å². The first-order valence-electron chi connectivity index (χ1n) is 4.76. The summed E-state index contributed by atoms with van der Waals surface area (Å²) in [6.45, 7) is 0. The van der Waals surface area contributed by atoms with E-state index in [9.17, 15) is 9.59 Å². The van der Waals surface area contributed by atoms with Gasteiger partial charge in [-0.25, -0.2) is 4.98 Å². The van der Waals surface area contributed by atoms with Crippen molar-refractivity contribution in [3.05, 3.63) is 48.2 Å². The quantitative estimate of drug-likeness (QED) is 0.823. The molecule has 3 N–H and O–H groups in total. The Hall–Kier alpha value is -2.63. The molecule has 86 valence electrons. The smallest absolute Gasteiger partial charge is 0.277 e. The number of amides is 2. The zero-order chi connectivity index (χ0) is 12.3. The maximum atomic E-state index is 11.6. The molecule has 0 bridgehead atoms. The number of nitrogens with two attached hydrogens (primary N) is 1. The first-order chi connectivity index (χ1) is 8.16. The molecule has 1 aromatic heterocycles. The van der Waals surface area contributed by atoms with Crippen LogP contribution in [0.5, 0.6) is 0 Å². The zero-order valence-corrected chi connectivity index (χ0v) is 8.71. The number of nitrogens with one attached hydrogen (secondary N) is 1. The summed E-state index contributed by atoms with van der Waals surface area (Å²) in [6.07, 6.45) is 2.41. The Bertz CT molecular complexity index is 532. The third-order valence-electron chi connectivity index (χ3n) is 2.09. The van der Waals surface area contributed by atoms with Crippen LogP contribution in [0, 0.1) is 0 Å². The minimum atomic E-state index is -0.514. The number of anilines is 1. The van der Waals surface area contributed by atoms with Crippen molar-refractivity contribution in [1.82, 2.24) is 4.98 Å². The molecular formula is C11H9N3O3. The number of rotatable bonds is 3. The van der Waals surface area contributed by atoms with Crippen molar-refractivity contribution in [3.63, 3.8) is 0 Å². The zero-order valence-electron chi connectivity index (χ0n) is 8.71. The molecule has 0 aliphatic carbocycles. The Morgan fingerprint density at radius 3 is 2.47 bits per heavy atom. The van der Waals surface area contributed by atoms with Gasteiger partial charge in [0.2, 0.25) is 5.91 Å². The number of carbonyl (C=O) groups is 2. The fraction of sp³-hybridized carbons (Fsp3) is 0. The van der Waals surface area contributed by atoms with Crippen molar-refractivity contribution in [2.45, 2.75) is 0 Å². The van der Waals surface area contributed by atoms with E-state index in [1.54, 1.807) is 12.1 Å². The summed E-state index contributed by atoms with van der Waals surface area (Å²) in [5, 5.41) is 2.60. The molecule has 0 spiro atoms. The lowest BCUT2D eigenvalue weighted by Gasteiger charge is -2.03. The number of aromatic nitrogens is 1. The molecule has 6 nitrogen and oxygen atoms in total. The van der Waals surface area contributed by atoms with Gasteiger partial charge in [-0.05, 0) is 24.3 Å². The van der Waals surface area contributed by atoms with E-state index in [4.69, 9.17) is 10.2 Å². The molecule has 0 unspecified atom stereocenters. The Kier molecular flexibility index (Phi) is 2.87. The molecule has 0 aliphatic heterocycles. The summed E-state index contributed by atoms with van der Waals surface area (Å²) in [4.78, 5) is 26.1. The summed E-state index contributed by atoms with van der Waals surface area (Å²) in [7, 11) is 0. The first-order valence-corrected chi connectivity index (χ1v) is 4.76. The van der Waals surface area contributed by atoms with Crippen LogP contribution in [0.1, 0.15) is 20.8 Å². The van der Waals surface area contributed by atoms with Gasteiger partial charge in [0, 0.05) is 11.3 Å². The number of oxazole rings is 1. The third kappa shape index (κ3) is 2.49. The molecule has 0 atom stereocenters. The van der Waals surface area contributed by atoms with Crippen molar-refractivity contribution < 1.29 is 14.0 Å². The van der Waals surface area contributed by atoms with Crippen molar-refractivity contribution in [2.75, 3.05) is 5.32 Å². The number of primary amides is 1. The molecule has 17 heavy (non-hydrogen) atoms. The van der Waals surface area contributed by atoms with Gasteiger partial charge in [0.15, 0.2) is 12.1 Å².